The summed E-state index contributed by atoms with van der Waals surface area (Å²) in [4.78, 5) is 29.6. The summed E-state index contributed by atoms with van der Waals surface area (Å²) in [7, 11) is 2.94. The Balaban J connectivity index is 1.94. The highest BCUT2D eigenvalue weighted by atomic mass is 35.5. The van der Waals surface area contributed by atoms with Crippen LogP contribution in [0.4, 0.5) is 4.39 Å². The molecule has 0 radical (unpaired) electrons. The topological polar surface area (TPSA) is 71.1 Å². The molecule has 0 spiro atoms. The van der Waals surface area contributed by atoms with Crippen molar-refractivity contribution in [3.8, 4) is 11.8 Å². The smallest absolute Gasteiger partial charge is 0.332 e. The number of aromatic nitrogens is 4. The van der Waals surface area contributed by atoms with E-state index in [1.165, 1.54) is 30.8 Å². The molecule has 0 saturated heterocycles. The molecule has 0 aliphatic carbocycles. The maximum absolute atomic E-state index is 13.4. The van der Waals surface area contributed by atoms with Gasteiger partial charge in [-0.3, -0.25) is 18.5 Å². The van der Waals surface area contributed by atoms with Crippen LogP contribution in [0.3, 0.4) is 0 Å². The maximum atomic E-state index is 13.4. The lowest BCUT2D eigenvalue weighted by atomic mass is 10.1. The van der Waals surface area contributed by atoms with Crippen molar-refractivity contribution >= 4 is 22.8 Å². The van der Waals surface area contributed by atoms with Crippen LogP contribution in [0.25, 0.3) is 11.2 Å². The number of ether oxygens (including phenoxy) is 1. The highest BCUT2D eigenvalue weighted by molar-refractivity contribution is 6.32. The molecule has 0 amide bonds. The molecule has 30 heavy (non-hydrogen) atoms. The van der Waals surface area contributed by atoms with Gasteiger partial charge in [0, 0.05) is 14.1 Å². The van der Waals surface area contributed by atoms with E-state index < -0.39 is 17.1 Å². The quantitative estimate of drug-likeness (QED) is 0.499. The fraction of sp³-hybridized carbons (Fsp3) is 0.190. The summed E-state index contributed by atoms with van der Waals surface area (Å²) in [6.07, 6.45) is 0. The van der Waals surface area contributed by atoms with Gasteiger partial charge >= 0.3 is 11.7 Å². The maximum Gasteiger partial charge on any atom is 0.332 e. The lowest BCUT2D eigenvalue weighted by molar-refractivity contribution is 0.420. The first-order valence-corrected chi connectivity index (χ1v) is 9.48. The number of hydrogen-bond acceptors (Lipinski definition) is 4. The van der Waals surface area contributed by atoms with Crippen LogP contribution >= 0.6 is 11.6 Å². The van der Waals surface area contributed by atoms with Crippen LogP contribution in [0, 0.1) is 12.7 Å². The Morgan fingerprint density at radius 2 is 1.77 bits per heavy atom. The van der Waals surface area contributed by atoms with Gasteiger partial charge in [0.05, 0.1) is 11.6 Å². The predicted octanol–water partition coefficient (Wildman–Crippen LogP) is 3.38. The Morgan fingerprint density at radius 1 is 1.07 bits per heavy atom. The number of nitrogens with zero attached hydrogens (tertiary/aromatic N) is 4. The Labute approximate surface area is 175 Å². The number of hydrogen-bond donors (Lipinski definition) is 0. The van der Waals surface area contributed by atoms with Crippen LogP contribution in [0.1, 0.15) is 11.1 Å². The van der Waals surface area contributed by atoms with E-state index in [2.05, 4.69) is 4.98 Å². The van der Waals surface area contributed by atoms with Gasteiger partial charge in [-0.2, -0.15) is 4.98 Å². The second-order valence-corrected chi connectivity index (χ2v) is 7.43. The Bertz CT molecular complexity index is 1390. The van der Waals surface area contributed by atoms with E-state index in [9.17, 15) is 14.0 Å². The molecule has 7 nitrogen and oxygen atoms in total. The molecular formula is C21H18ClFN4O3. The molecule has 2 heterocycles. The zero-order valence-corrected chi connectivity index (χ0v) is 17.3. The minimum absolute atomic E-state index is 0.0609. The second kappa shape index (κ2) is 7.46. The molecule has 0 aliphatic rings. The second-order valence-electron chi connectivity index (χ2n) is 7.02. The lowest BCUT2D eigenvalue weighted by Crippen LogP contribution is -2.37. The van der Waals surface area contributed by atoms with Crippen LogP contribution in [-0.4, -0.2) is 18.7 Å². The van der Waals surface area contributed by atoms with Crippen LogP contribution in [-0.2, 0) is 20.6 Å². The van der Waals surface area contributed by atoms with E-state index in [0.717, 1.165) is 21.8 Å². The minimum atomic E-state index is -0.503. The van der Waals surface area contributed by atoms with Gasteiger partial charge in [-0.1, -0.05) is 41.4 Å². The lowest BCUT2D eigenvalue weighted by Gasteiger charge is -2.11. The van der Waals surface area contributed by atoms with E-state index in [-0.39, 0.29) is 34.5 Å². The van der Waals surface area contributed by atoms with Gasteiger partial charge in [0.2, 0.25) is 0 Å². The fourth-order valence-electron chi connectivity index (χ4n) is 3.18. The van der Waals surface area contributed by atoms with Crippen molar-refractivity contribution in [1.29, 1.82) is 0 Å². The third-order valence-corrected chi connectivity index (χ3v) is 5.16. The van der Waals surface area contributed by atoms with Crippen molar-refractivity contribution < 1.29 is 9.13 Å². The van der Waals surface area contributed by atoms with Gasteiger partial charge in [0.1, 0.15) is 11.6 Å². The number of imidazole rings is 1. The number of rotatable bonds is 4. The third-order valence-electron chi connectivity index (χ3n) is 4.87. The highest BCUT2D eigenvalue weighted by Gasteiger charge is 2.21. The number of fused-ring (bicyclic) bond motifs is 1. The molecule has 0 bridgehead atoms. The summed E-state index contributed by atoms with van der Waals surface area (Å²) in [5, 5.41) is 0.0609. The van der Waals surface area contributed by atoms with Gasteiger partial charge in [-0.15, -0.1) is 0 Å². The van der Waals surface area contributed by atoms with E-state index in [1.54, 1.807) is 4.57 Å². The molecule has 2 aromatic heterocycles. The van der Waals surface area contributed by atoms with Crippen molar-refractivity contribution in [2.45, 2.75) is 13.5 Å². The van der Waals surface area contributed by atoms with Crippen LogP contribution in [0.15, 0.2) is 52.1 Å². The first-order chi connectivity index (χ1) is 14.3. The number of benzene rings is 2. The predicted molar refractivity (Wildman–Crippen MR) is 112 cm³/mol. The van der Waals surface area contributed by atoms with Crippen molar-refractivity contribution in [2.75, 3.05) is 0 Å². The molecule has 9 heteroatoms. The van der Waals surface area contributed by atoms with Gasteiger partial charge in [-0.25, -0.2) is 9.18 Å². The Morgan fingerprint density at radius 3 is 2.43 bits per heavy atom. The molecule has 0 fully saturated rings. The molecule has 0 unspecified atom stereocenters. The molecular weight excluding hydrogens is 411 g/mol. The normalized spacial score (nSPS) is 11.2. The van der Waals surface area contributed by atoms with Crippen LogP contribution < -0.4 is 16.0 Å². The number of aryl methyl sites for hydroxylation is 2. The average molecular weight is 429 g/mol. The summed E-state index contributed by atoms with van der Waals surface area (Å²) >= 11 is 6.10. The Hall–Kier alpha value is -3.39. The SMILES string of the molecule is Cc1ccc(Cn2c(Oc3ccc(F)cc3Cl)nc3c2c(=O)n(C)c(=O)n3C)cc1. The summed E-state index contributed by atoms with van der Waals surface area (Å²) in [5.74, 6) is -0.322. The molecule has 2 aromatic carbocycles. The first kappa shape index (κ1) is 19.9. The van der Waals surface area contributed by atoms with Gasteiger partial charge in [0.25, 0.3) is 5.56 Å². The van der Waals surface area contributed by atoms with Crippen molar-refractivity contribution in [3.05, 3.63) is 85.3 Å². The standard InChI is InChI=1S/C21H18ClFN4O3/c1-12-4-6-13(7-5-12)11-27-17-18(25(2)21(29)26(3)19(17)28)24-20(27)30-16-9-8-14(23)10-15(16)22/h4-10H,11H2,1-3H3. The van der Waals surface area contributed by atoms with Gasteiger partial charge in [-0.05, 0) is 30.7 Å². The van der Waals surface area contributed by atoms with Gasteiger partial charge in [0.15, 0.2) is 11.2 Å². The largest absolute Gasteiger partial charge is 0.424 e. The van der Waals surface area contributed by atoms with E-state index in [0.29, 0.717) is 0 Å². The van der Waals surface area contributed by atoms with Crippen LogP contribution in [0.5, 0.6) is 11.8 Å². The van der Waals surface area contributed by atoms with Crippen molar-refractivity contribution in [3.63, 3.8) is 0 Å². The zero-order chi connectivity index (χ0) is 21.6. The van der Waals surface area contributed by atoms with Crippen LogP contribution in [0.2, 0.25) is 5.02 Å². The molecule has 0 N–H and O–H groups in total. The van der Waals surface area contributed by atoms with Gasteiger partial charge < -0.3 is 4.74 Å². The monoisotopic (exact) mass is 428 g/mol. The molecule has 4 aromatic rings. The minimum Gasteiger partial charge on any atom is -0.424 e. The van der Waals surface area contributed by atoms with Crippen molar-refractivity contribution in [2.24, 2.45) is 14.1 Å². The molecule has 4 rings (SSSR count). The molecule has 0 aliphatic heterocycles. The Kier molecular flexibility index (Phi) is 4.95. The molecule has 154 valence electrons. The summed E-state index contributed by atoms with van der Waals surface area (Å²) in [6, 6.07) is 11.6. The summed E-state index contributed by atoms with van der Waals surface area (Å²) in [5.41, 5.74) is 1.41. The molecule has 0 atom stereocenters. The fourth-order valence-corrected chi connectivity index (χ4v) is 3.39. The zero-order valence-electron chi connectivity index (χ0n) is 16.5. The van der Waals surface area contributed by atoms with E-state index in [4.69, 9.17) is 16.3 Å². The highest BCUT2D eigenvalue weighted by Crippen LogP contribution is 2.31. The first-order valence-electron chi connectivity index (χ1n) is 9.11. The van der Waals surface area contributed by atoms with E-state index >= 15 is 0 Å². The molecule has 0 saturated carbocycles. The van der Waals surface area contributed by atoms with Crippen molar-refractivity contribution in [1.82, 2.24) is 18.7 Å². The summed E-state index contributed by atoms with van der Waals surface area (Å²) in [6.45, 7) is 2.26. The summed E-state index contributed by atoms with van der Waals surface area (Å²) < 4.78 is 23.1. The number of halogens is 2. The van der Waals surface area contributed by atoms with E-state index in [1.807, 2.05) is 31.2 Å². The average Bonchev–Trinajstić information content (AvgIpc) is 3.06. The third kappa shape index (κ3) is 3.39.